The number of nitrogens with zero attached hydrogens (tertiary/aromatic N) is 1. The van der Waals surface area contributed by atoms with Crippen LogP contribution in [-0.4, -0.2) is 41.8 Å². The number of amides is 1. The third kappa shape index (κ3) is 4.04. The van der Waals surface area contributed by atoms with Crippen LogP contribution in [0, 0.1) is 5.92 Å². The molecule has 1 aliphatic carbocycles. The Balaban J connectivity index is 1.49. The summed E-state index contributed by atoms with van der Waals surface area (Å²) in [6.45, 7) is 3.63. The van der Waals surface area contributed by atoms with Gasteiger partial charge in [0.2, 0.25) is 5.91 Å². The number of rotatable bonds is 5. The summed E-state index contributed by atoms with van der Waals surface area (Å²) in [7, 11) is 0. The molecule has 1 atom stereocenters. The summed E-state index contributed by atoms with van der Waals surface area (Å²) < 4.78 is 0. The van der Waals surface area contributed by atoms with Crippen molar-refractivity contribution >= 4 is 11.7 Å². The number of carbonyl (C=O) groups is 2. The maximum absolute atomic E-state index is 12.5. The van der Waals surface area contributed by atoms with Gasteiger partial charge in [0.1, 0.15) is 0 Å². The molecule has 3 rings (SSSR count). The molecule has 2 fully saturated rings. The number of hydrogen-bond acceptors (Lipinski definition) is 3. The predicted molar refractivity (Wildman–Crippen MR) is 94.9 cm³/mol. The largest absolute Gasteiger partial charge is 0.352 e. The number of nitrogens with one attached hydrogen (secondary N) is 1. The molecule has 1 N–H and O–H groups in total. The molecule has 0 spiro atoms. The van der Waals surface area contributed by atoms with Gasteiger partial charge in [0.25, 0.3) is 0 Å². The Hall–Kier alpha value is -1.68. The van der Waals surface area contributed by atoms with Crippen molar-refractivity contribution in [2.24, 2.45) is 5.92 Å². The Bertz CT molecular complexity index is 558. The zero-order chi connectivity index (χ0) is 16.9. The third-order valence-corrected chi connectivity index (χ3v) is 5.59. The van der Waals surface area contributed by atoms with Crippen molar-refractivity contribution in [3.8, 4) is 0 Å². The first-order valence-corrected chi connectivity index (χ1v) is 9.29. The van der Waals surface area contributed by atoms with Gasteiger partial charge in [0.15, 0.2) is 5.78 Å². The Morgan fingerprint density at radius 2 is 1.67 bits per heavy atom. The standard InChI is InChI=1S/C20H28N2O2/c1-15(20(24)21-18-9-5-6-10-18)22-13-11-17(12-14-22)19(23)16-7-3-2-4-8-16/h2-4,7-8,15,17-18H,5-6,9-14H2,1H3,(H,21,24). The maximum Gasteiger partial charge on any atom is 0.237 e. The van der Waals surface area contributed by atoms with E-state index in [0.29, 0.717) is 6.04 Å². The van der Waals surface area contributed by atoms with Gasteiger partial charge in [-0.05, 0) is 45.7 Å². The molecule has 2 aliphatic rings. The summed E-state index contributed by atoms with van der Waals surface area (Å²) in [4.78, 5) is 27.2. The maximum atomic E-state index is 12.5. The van der Waals surface area contributed by atoms with E-state index in [-0.39, 0.29) is 23.7 Å². The summed E-state index contributed by atoms with van der Waals surface area (Å²) in [6.07, 6.45) is 6.38. The molecule has 1 heterocycles. The molecule has 1 aromatic carbocycles. The van der Waals surface area contributed by atoms with Gasteiger partial charge < -0.3 is 5.32 Å². The van der Waals surface area contributed by atoms with Gasteiger partial charge in [-0.25, -0.2) is 0 Å². The van der Waals surface area contributed by atoms with E-state index in [0.717, 1.165) is 44.3 Å². The normalized spacial score (nSPS) is 21.5. The first-order valence-electron chi connectivity index (χ1n) is 9.29. The van der Waals surface area contributed by atoms with Crippen LogP contribution in [0.5, 0.6) is 0 Å². The number of benzene rings is 1. The Kier molecular flexibility index (Phi) is 5.67. The average Bonchev–Trinajstić information content (AvgIpc) is 3.14. The van der Waals surface area contributed by atoms with Crippen LogP contribution in [0.4, 0.5) is 0 Å². The van der Waals surface area contributed by atoms with E-state index in [1.165, 1.54) is 12.8 Å². The van der Waals surface area contributed by atoms with E-state index in [1.807, 2.05) is 37.3 Å². The highest BCUT2D eigenvalue weighted by molar-refractivity contribution is 5.97. The Labute approximate surface area is 144 Å². The number of carbonyl (C=O) groups excluding carboxylic acids is 2. The first-order chi connectivity index (χ1) is 11.6. The minimum Gasteiger partial charge on any atom is -0.352 e. The van der Waals surface area contributed by atoms with Gasteiger partial charge in [-0.1, -0.05) is 43.2 Å². The predicted octanol–water partition coefficient (Wildman–Crippen LogP) is 3.03. The van der Waals surface area contributed by atoms with Crippen LogP contribution < -0.4 is 5.32 Å². The van der Waals surface area contributed by atoms with E-state index in [2.05, 4.69) is 10.2 Å². The lowest BCUT2D eigenvalue weighted by Gasteiger charge is -2.35. The van der Waals surface area contributed by atoms with Crippen molar-refractivity contribution in [1.82, 2.24) is 10.2 Å². The number of likely N-dealkylation sites (tertiary alicyclic amines) is 1. The van der Waals surface area contributed by atoms with Crippen LogP contribution in [0.25, 0.3) is 0 Å². The van der Waals surface area contributed by atoms with Crippen molar-refractivity contribution in [3.05, 3.63) is 35.9 Å². The lowest BCUT2D eigenvalue weighted by Crippen LogP contribution is -2.50. The van der Waals surface area contributed by atoms with Crippen molar-refractivity contribution in [1.29, 1.82) is 0 Å². The van der Waals surface area contributed by atoms with Crippen LogP contribution in [-0.2, 0) is 4.79 Å². The zero-order valence-electron chi connectivity index (χ0n) is 14.5. The molecule has 0 aromatic heterocycles. The molecular formula is C20H28N2O2. The zero-order valence-corrected chi connectivity index (χ0v) is 14.5. The molecule has 0 radical (unpaired) electrons. The van der Waals surface area contributed by atoms with Crippen LogP contribution in [0.3, 0.4) is 0 Å². The third-order valence-electron chi connectivity index (χ3n) is 5.59. The highest BCUT2D eigenvalue weighted by Crippen LogP contribution is 2.23. The quantitative estimate of drug-likeness (QED) is 0.845. The summed E-state index contributed by atoms with van der Waals surface area (Å²) in [5.74, 6) is 0.488. The van der Waals surface area contributed by atoms with Gasteiger partial charge in [0, 0.05) is 17.5 Å². The number of ketones is 1. The van der Waals surface area contributed by atoms with Crippen LogP contribution >= 0.6 is 0 Å². The topological polar surface area (TPSA) is 49.4 Å². The van der Waals surface area contributed by atoms with Gasteiger partial charge in [0.05, 0.1) is 6.04 Å². The number of Topliss-reactive ketones (excluding diaryl/α,β-unsaturated/α-hetero) is 1. The van der Waals surface area contributed by atoms with E-state index in [9.17, 15) is 9.59 Å². The van der Waals surface area contributed by atoms with Gasteiger partial charge >= 0.3 is 0 Å². The molecule has 1 saturated carbocycles. The fraction of sp³-hybridized carbons (Fsp3) is 0.600. The lowest BCUT2D eigenvalue weighted by molar-refractivity contribution is -0.127. The smallest absolute Gasteiger partial charge is 0.237 e. The Morgan fingerprint density at radius 3 is 2.29 bits per heavy atom. The van der Waals surface area contributed by atoms with E-state index in [1.54, 1.807) is 0 Å². The van der Waals surface area contributed by atoms with Crippen molar-refractivity contribution in [3.63, 3.8) is 0 Å². The number of hydrogen-bond donors (Lipinski definition) is 1. The molecule has 1 aromatic rings. The second-order valence-corrected chi connectivity index (χ2v) is 7.21. The summed E-state index contributed by atoms with van der Waals surface area (Å²) >= 11 is 0. The molecular weight excluding hydrogens is 300 g/mol. The Morgan fingerprint density at radius 1 is 1.04 bits per heavy atom. The number of piperidine rings is 1. The fourth-order valence-electron chi connectivity index (χ4n) is 3.94. The second-order valence-electron chi connectivity index (χ2n) is 7.21. The fourth-order valence-corrected chi connectivity index (χ4v) is 3.94. The summed E-state index contributed by atoms with van der Waals surface area (Å²) in [6, 6.07) is 9.83. The highest BCUT2D eigenvalue weighted by Gasteiger charge is 2.31. The van der Waals surface area contributed by atoms with Crippen molar-refractivity contribution < 1.29 is 9.59 Å². The van der Waals surface area contributed by atoms with Gasteiger partial charge in [-0.3, -0.25) is 14.5 Å². The average molecular weight is 328 g/mol. The molecule has 1 amide bonds. The minimum absolute atomic E-state index is 0.0914. The van der Waals surface area contributed by atoms with E-state index < -0.39 is 0 Å². The van der Waals surface area contributed by atoms with Crippen LogP contribution in [0.2, 0.25) is 0 Å². The second kappa shape index (κ2) is 7.93. The lowest BCUT2D eigenvalue weighted by atomic mass is 9.88. The first kappa shape index (κ1) is 17.2. The molecule has 130 valence electrons. The van der Waals surface area contributed by atoms with Crippen molar-refractivity contribution in [2.45, 2.75) is 57.5 Å². The highest BCUT2D eigenvalue weighted by atomic mass is 16.2. The molecule has 1 aliphatic heterocycles. The monoisotopic (exact) mass is 328 g/mol. The minimum atomic E-state index is -0.0987. The van der Waals surface area contributed by atoms with Crippen LogP contribution in [0.1, 0.15) is 55.8 Å². The van der Waals surface area contributed by atoms with E-state index in [4.69, 9.17) is 0 Å². The molecule has 24 heavy (non-hydrogen) atoms. The van der Waals surface area contributed by atoms with Crippen molar-refractivity contribution in [2.75, 3.05) is 13.1 Å². The summed E-state index contributed by atoms with van der Waals surface area (Å²) in [5.41, 5.74) is 0.808. The molecule has 4 nitrogen and oxygen atoms in total. The molecule has 4 heteroatoms. The van der Waals surface area contributed by atoms with Gasteiger partial charge in [-0.15, -0.1) is 0 Å². The van der Waals surface area contributed by atoms with E-state index >= 15 is 0 Å². The summed E-state index contributed by atoms with van der Waals surface area (Å²) in [5, 5.41) is 3.19. The molecule has 1 unspecified atom stereocenters. The molecule has 1 saturated heterocycles. The SMILES string of the molecule is CC(C(=O)NC1CCCC1)N1CCC(C(=O)c2ccccc2)CC1. The van der Waals surface area contributed by atoms with Crippen LogP contribution in [0.15, 0.2) is 30.3 Å². The van der Waals surface area contributed by atoms with Gasteiger partial charge in [-0.2, -0.15) is 0 Å². The molecule has 0 bridgehead atoms.